The zero-order chi connectivity index (χ0) is 17.6. The third-order valence-corrected chi connectivity index (χ3v) is 4.18. The molecule has 1 atom stereocenters. The van der Waals surface area contributed by atoms with Crippen molar-refractivity contribution in [2.75, 3.05) is 19.8 Å². The van der Waals surface area contributed by atoms with Crippen LogP contribution in [0.3, 0.4) is 0 Å². The number of hydrogen-bond acceptors (Lipinski definition) is 4. The molecule has 1 saturated heterocycles. The number of carbonyl (C=O) groups is 1. The Labute approximate surface area is 145 Å². The van der Waals surface area contributed by atoms with Gasteiger partial charge in [0.05, 0.1) is 13.2 Å². The third-order valence-electron chi connectivity index (χ3n) is 4.18. The van der Waals surface area contributed by atoms with Crippen LogP contribution in [0.2, 0.25) is 0 Å². The Hall–Kier alpha value is -1.39. The van der Waals surface area contributed by atoms with E-state index >= 15 is 0 Å². The van der Waals surface area contributed by atoms with Gasteiger partial charge in [-0.2, -0.15) is 0 Å². The van der Waals surface area contributed by atoms with Gasteiger partial charge in [-0.25, -0.2) is 0 Å². The maximum atomic E-state index is 11.7. The SMILES string of the molecule is CC(=O)c1cc(OCCCOC2CCCCO2)cc(C(C)(C)C)c1. The molecular formula is C20H30O4. The standard InChI is InChI=1S/C20H30O4/c1-15(21)16-12-17(20(2,3)4)14-18(13-16)22-10-7-11-24-19-8-5-6-9-23-19/h12-14,19H,5-11H2,1-4H3. The molecule has 1 unspecified atom stereocenters. The third kappa shape index (κ3) is 5.91. The van der Waals surface area contributed by atoms with E-state index < -0.39 is 0 Å². The molecule has 1 heterocycles. The van der Waals surface area contributed by atoms with Gasteiger partial charge in [-0.15, -0.1) is 0 Å². The van der Waals surface area contributed by atoms with Gasteiger partial charge < -0.3 is 14.2 Å². The fourth-order valence-corrected chi connectivity index (χ4v) is 2.63. The van der Waals surface area contributed by atoms with E-state index in [4.69, 9.17) is 14.2 Å². The Morgan fingerprint density at radius 1 is 1.21 bits per heavy atom. The van der Waals surface area contributed by atoms with Crippen LogP contribution in [-0.2, 0) is 14.9 Å². The summed E-state index contributed by atoms with van der Waals surface area (Å²) in [5.41, 5.74) is 1.78. The summed E-state index contributed by atoms with van der Waals surface area (Å²) in [6.45, 7) is 9.98. The lowest BCUT2D eigenvalue weighted by atomic mass is 9.85. The Kier molecular flexibility index (Phi) is 6.81. The fourth-order valence-electron chi connectivity index (χ4n) is 2.63. The zero-order valence-corrected chi connectivity index (χ0v) is 15.4. The molecule has 0 N–H and O–H groups in total. The van der Waals surface area contributed by atoms with Crippen molar-refractivity contribution in [3.63, 3.8) is 0 Å². The molecule has 1 aliphatic heterocycles. The molecule has 1 fully saturated rings. The first kappa shape index (κ1) is 18.9. The predicted octanol–water partition coefficient (Wildman–Crippen LogP) is 4.50. The van der Waals surface area contributed by atoms with Gasteiger partial charge in [0.15, 0.2) is 12.1 Å². The highest BCUT2D eigenvalue weighted by atomic mass is 16.7. The summed E-state index contributed by atoms with van der Waals surface area (Å²) in [6.07, 6.45) is 4.04. The quantitative estimate of drug-likeness (QED) is 0.544. The molecule has 134 valence electrons. The Morgan fingerprint density at radius 3 is 2.62 bits per heavy atom. The highest BCUT2D eigenvalue weighted by Gasteiger charge is 2.17. The number of Topliss-reactive ketones (excluding diaryl/α,β-unsaturated/α-hetero) is 1. The fraction of sp³-hybridized carbons (Fsp3) is 0.650. The van der Waals surface area contributed by atoms with Crippen molar-refractivity contribution in [1.82, 2.24) is 0 Å². The van der Waals surface area contributed by atoms with Crippen molar-refractivity contribution in [2.45, 2.75) is 65.1 Å². The van der Waals surface area contributed by atoms with Crippen LogP contribution >= 0.6 is 0 Å². The molecule has 0 spiro atoms. The van der Waals surface area contributed by atoms with E-state index in [0.717, 1.165) is 37.2 Å². The average molecular weight is 334 g/mol. The van der Waals surface area contributed by atoms with Crippen molar-refractivity contribution in [3.05, 3.63) is 29.3 Å². The molecule has 0 bridgehead atoms. The second-order valence-corrected chi connectivity index (χ2v) is 7.42. The highest BCUT2D eigenvalue weighted by molar-refractivity contribution is 5.94. The van der Waals surface area contributed by atoms with Gasteiger partial charge in [0, 0.05) is 18.6 Å². The molecule has 4 heteroatoms. The summed E-state index contributed by atoms with van der Waals surface area (Å²) in [6, 6.07) is 5.80. The first-order valence-corrected chi connectivity index (χ1v) is 8.89. The van der Waals surface area contributed by atoms with Crippen LogP contribution in [0, 0.1) is 0 Å². The maximum absolute atomic E-state index is 11.7. The molecule has 0 saturated carbocycles. The van der Waals surface area contributed by atoms with Crippen LogP contribution in [0.1, 0.15) is 69.3 Å². The van der Waals surface area contributed by atoms with Crippen LogP contribution < -0.4 is 4.74 Å². The van der Waals surface area contributed by atoms with E-state index in [2.05, 4.69) is 20.8 Å². The first-order chi connectivity index (χ1) is 11.4. The van der Waals surface area contributed by atoms with E-state index in [-0.39, 0.29) is 17.5 Å². The summed E-state index contributed by atoms with van der Waals surface area (Å²) in [4.78, 5) is 11.7. The van der Waals surface area contributed by atoms with Crippen molar-refractivity contribution in [2.24, 2.45) is 0 Å². The first-order valence-electron chi connectivity index (χ1n) is 8.89. The molecule has 0 amide bonds. The molecule has 1 aromatic carbocycles. The monoisotopic (exact) mass is 334 g/mol. The minimum absolute atomic E-state index is 0.0228. The summed E-state index contributed by atoms with van der Waals surface area (Å²) < 4.78 is 17.1. The summed E-state index contributed by atoms with van der Waals surface area (Å²) >= 11 is 0. The van der Waals surface area contributed by atoms with Crippen molar-refractivity contribution >= 4 is 5.78 Å². The number of benzene rings is 1. The summed E-state index contributed by atoms with van der Waals surface area (Å²) in [5, 5.41) is 0. The number of carbonyl (C=O) groups excluding carboxylic acids is 1. The van der Waals surface area contributed by atoms with Crippen LogP contribution in [0.4, 0.5) is 0 Å². The lowest BCUT2D eigenvalue weighted by Gasteiger charge is -2.23. The molecule has 24 heavy (non-hydrogen) atoms. The predicted molar refractivity (Wildman–Crippen MR) is 94.8 cm³/mol. The Morgan fingerprint density at radius 2 is 2.00 bits per heavy atom. The van der Waals surface area contributed by atoms with Crippen molar-refractivity contribution in [1.29, 1.82) is 0 Å². The van der Waals surface area contributed by atoms with Crippen molar-refractivity contribution < 1.29 is 19.0 Å². The smallest absolute Gasteiger partial charge is 0.159 e. The van der Waals surface area contributed by atoms with Gasteiger partial charge in [0.2, 0.25) is 0 Å². The van der Waals surface area contributed by atoms with Gasteiger partial charge in [-0.05, 0) is 55.4 Å². The lowest BCUT2D eigenvalue weighted by molar-refractivity contribution is -0.163. The maximum Gasteiger partial charge on any atom is 0.159 e. The van der Waals surface area contributed by atoms with Gasteiger partial charge in [0.1, 0.15) is 5.75 Å². The Bertz CT molecular complexity index is 539. The van der Waals surface area contributed by atoms with Gasteiger partial charge in [0.25, 0.3) is 0 Å². The molecule has 0 radical (unpaired) electrons. The average Bonchev–Trinajstić information content (AvgIpc) is 2.54. The van der Waals surface area contributed by atoms with Gasteiger partial charge in [-0.3, -0.25) is 4.79 Å². The molecule has 1 aromatic rings. The van der Waals surface area contributed by atoms with Gasteiger partial charge in [-0.1, -0.05) is 20.8 Å². The minimum atomic E-state index is -0.0488. The number of ether oxygens (including phenoxy) is 3. The van der Waals surface area contributed by atoms with E-state index in [1.807, 2.05) is 18.2 Å². The van der Waals surface area contributed by atoms with E-state index in [1.54, 1.807) is 6.92 Å². The Balaban J connectivity index is 1.84. The molecule has 4 nitrogen and oxygen atoms in total. The normalized spacial score (nSPS) is 18.4. The number of rotatable bonds is 7. The number of hydrogen-bond donors (Lipinski definition) is 0. The summed E-state index contributed by atoms with van der Waals surface area (Å²) in [7, 11) is 0. The summed E-state index contributed by atoms with van der Waals surface area (Å²) in [5.74, 6) is 0.810. The second kappa shape index (κ2) is 8.63. The van der Waals surface area contributed by atoms with E-state index in [9.17, 15) is 4.79 Å². The van der Waals surface area contributed by atoms with Gasteiger partial charge >= 0.3 is 0 Å². The molecular weight excluding hydrogens is 304 g/mol. The molecule has 2 rings (SSSR count). The molecule has 0 aliphatic carbocycles. The van der Waals surface area contributed by atoms with Crippen LogP contribution in [0.25, 0.3) is 0 Å². The van der Waals surface area contributed by atoms with Crippen LogP contribution in [0.15, 0.2) is 18.2 Å². The minimum Gasteiger partial charge on any atom is -0.493 e. The zero-order valence-electron chi connectivity index (χ0n) is 15.4. The van der Waals surface area contributed by atoms with Crippen molar-refractivity contribution in [3.8, 4) is 5.75 Å². The molecule has 1 aliphatic rings. The van der Waals surface area contributed by atoms with E-state index in [1.165, 1.54) is 6.42 Å². The topological polar surface area (TPSA) is 44.8 Å². The largest absolute Gasteiger partial charge is 0.493 e. The lowest BCUT2D eigenvalue weighted by Crippen LogP contribution is -2.23. The van der Waals surface area contributed by atoms with Crippen LogP contribution in [0.5, 0.6) is 5.75 Å². The second-order valence-electron chi connectivity index (χ2n) is 7.42. The number of ketones is 1. The highest BCUT2D eigenvalue weighted by Crippen LogP contribution is 2.28. The van der Waals surface area contributed by atoms with E-state index in [0.29, 0.717) is 18.8 Å². The van der Waals surface area contributed by atoms with Crippen LogP contribution in [-0.4, -0.2) is 31.9 Å². The molecule has 0 aromatic heterocycles.